The summed E-state index contributed by atoms with van der Waals surface area (Å²) in [6.45, 7) is 5.32. The molecule has 1 saturated heterocycles. The summed E-state index contributed by atoms with van der Waals surface area (Å²) in [5.74, 6) is 0.774. The van der Waals surface area contributed by atoms with Crippen LogP contribution in [-0.4, -0.2) is 40.6 Å². The lowest BCUT2D eigenvalue weighted by Gasteiger charge is -2.32. The summed E-state index contributed by atoms with van der Waals surface area (Å²) >= 11 is 0. The number of alkyl halides is 2. The number of likely N-dealkylation sites (tertiary alicyclic amines) is 1. The number of carbonyl (C=O) groups excluding carboxylic acids is 1. The lowest BCUT2D eigenvalue weighted by atomic mass is 9.92. The fourth-order valence-corrected chi connectivity index (χ4v) is 4.30. The molecule has 8 heteroatoms. The van der Waals surface area contributed by atoms with E-state index in [-0.39, 0.29) is 28.5 Å². The predicted octanol–water partition coefficient (Wildman–Crippen LogP) is 5.21. The number of fused-ring (bicyclic) bond motifs is 1. The highest BCUT2D eigenvalue weighted by Crippen LogP contribution is 2.34. The van der Waals surface area contributed by atoms with Crippen LogP contribution in [0, 0.1) is 6.92 Å². The van der Waals surface area contributed by atoms with Gasteiger partial charge in [0, 0.05) is 36.7 Å². The molecule has 1 aliphatic rings. The van der Waals surface area contributed by atoms with Crippen LogP contribution in [0.3, 0.4) is 0 Å². The number of ether oxygens (including phenoxy) is 1. The minimum absolute atomic E-state index is 0.0641. The third kappa shape index (κ3) is 4.74. The van der Waals surface area contributed by atoms with E-state index in [4.69, 9.17) is 9.26 Å². The number of piperidine rings is 1. The van der Waals surface area contributed by atoms with Gasteiger partial charge in [-0.2, -0.15) is 0 Å². The summed E-state index contributed by atoms with van der Waals surface area (Å²) in [6.07, 6.45) is -0.0108. The van der Waals surface area contributed by atoms with E-state index in [1.807, 2.05) is 36.1 Å². The lowest BCUT2D eigenvalue weighted by Crippen LogP contribution is -2.39. The van der Waals surface area contributed by atoms with E-state index < -0.39 is 6.43 Å². The van der Waals surface area contributed by atoms with Crippen molar-refractivity contribution in [1.82, 2.24) is 15.0 Å². The van der Waals surface area contributed by atoms with Crippen LogP contribution in [0.25, 0.3) is 11.1 Å². The van der Waals surface area contributed by atoms with Crippen molar-refractivity contribution in [2.24, 2.45) is 0 Å². The van der Waals surface area contributed by atoms with Crippen LogP contribution in [0.5, 0.6) is 5.75 Å². The number of aromatic nitrogens is 2. The molecule has 3 aromatic rings. The van der Waals surface area contributed by atoms with Gasteiger partial charge in [-0.3, -0.25) is 4.79 Å². The largest absolute Gasteiger partial charge is 0.494 e. The first kappa shape index (κ1) is 22.2. The monoisotopic (exact) mass is 443 g/mol. The molecule has 0 bridgehead atoms. The topological polar surface area (TPSA) is 68.5 Å². The van der Waals surface area contributed by atoms with Crippen molar-refractivity contribution in [2.75, 3.05) is 19.7 Å². The molecule has 4 rings (SSSR count). The number of pyridine rings is 1. The molecule has 6 nitrogen and oxygen atoms in total. The molecule has 1 unspecified atom stereocenters. The first-order valence-electron chi connectivity index (χ1n) is 11.0. The second-order valence-corrected chi connectivity index (χ2v) is 8.14. The van der Waals surface area contributed by atoms with Gasteiger partial charge in [0.2, 0.25) is 5.91 Å². The summed E-state index contributed by atoms with van der Waals surface area (Å²) in [5, 5.41) is 4.07. The van der Waals surface area contributed by atoms with E-state index in [0.717, 1.165) is 24.2 Å². The molecule has 3 heterocycles. The molecule has 0 N–H and O–H groups in total. The maximum Gasteiger partial charge on any atom is 0.264 e. The van der Waals surface area contributed by atoms with E-state index in [1.165, 1.54) is 6.07 Å². The Morgan fingerprint density at radius 3 is 2.81 bits per heavy atom. The Morgan fingerprint density at radius 2 is 2.09 bits per heavy atom. The van der Waals surface area contributed by atoms with Crippen molar-refractivity contribution < 1.29 is 22.8 Å². The van der Waals surface area contributed by atoms with Crippen LogP contribution in [0.4, 0.5) is 8.78 Å². The number of halogens is 2. The molecular weight excluding hydrogens is 416 g/mol. The second kappa shape index (κ2) is 9.63. The van der Waals surface area contributed by atoms with Crippen LogP contribution in [0.15, 0.2) is 34.9 Å². The SMILES string of the molecule is CCOc1ccc(CCC(=O)N2CCCC(c3cc(C(F)F)c4c(C)noc4n3)C2)cc1. The van der Waals surface area contributed by atoms with Gasteiger partial charge in [-0.25, -0.2) is 13.8 Å². The van der Waals surface area contributed by atoms with Crippen LogP contribution >= 0.6 is 0 Å². The highest BCUT2D eigenvalue weighted by molar-refractivity contribution is 5.80. The fourth-order valence-electron chi connectivity index (χ4n) is 4.30. The Balaban J connectivity index is 1.43. The van der Waals surface area contributed by atoms with Gasteiger partial charge in [0.25, 0.3) is 12.1 Å². The number of hydrogen-bond donors (Lipinski definition) is 0. The average Bonchev–Trinajstić information content (AvgIpc) is 3.18. The normalized spacial score (nSPS) is 16.7. The Bertz CT molecular complexity index is 1080. The summed E-state index contributed by atoms with van der Waals surface area (Å²) in [6, 6.07) is 9.22. The minimum Gasteiger partial charge on any atom is -0.494 e. The average molecular weight is 443 g/mol. The maximum atomic E-state index is 13.7. The number of nitrogens with zero attached hydrogens (tertiary/aromatic N) is 3. The van der Waals surface area contributed by atoms with Gasteiger partial charge in [-0.05, 0) is 56.9 Å². The molecule has 0 spiro atoms. The molecule has 32 heavy (non-hydrogen) atoms. The van der Waals surface area contributed by atoms with Crippen molar-refractivity contribution >= 4 is 17.0 Å². The molecule has 2 aromatic heterocycles. The van der Waals surface area contributed by atoms with Crippen molar-refractivity contribution in [3.05, 3.63) is 52.8 Å². The Morgan fingerprint density at radius 1 is 1.31 bits per heavy atom. The van der Waals surface area contributed by atoms with Crippen molar-refractivity contribution in [2.45, 2.75) is 51.9 Å². The van der Waals surface area contributed by atoms with Gasteiger partial charge < -0.3 is 14.2 Å². The number of benzene rings is 1. The van der Waals surface area contributed by atoms with Crippen LogP contribution in [-0.2, 0) is 11.2 Å². The van der Waals surface area contributed by atoms with Gasteiger partial charge in [-0.15, -0.1) is 0 Å². The standard InChI is InChI=1S/C24H27F2N3O3/c1-3-31-18-9-6-16(7-10-18)8-11-21(30)29-12-4-5-17(14-29)20-13-19(23(25)26)22-15(2)28-32-24(22)27-20/h6-7,9-10,13,17,23H,3-5,8,11-12,14H2,1-2H3. The summed E-state index contributed by atoms with van der Waals surface area (Å²) in [7, 11) is 0. The smallest absolute Gasteiger partial charge is 0.264 e. The highest BCUT2D eigenvalue weighted by atomic mass is 19.3. The zero-order valence-corrected chi connectivity index (χ0v) is 18.3. The van der Waals surface area contributed by atoms with E-state index >= 15 is 0 Å². The summed E-state index contributed by atoms with van der Waals surface area (Å²) in [4.78, 5) is 19.1. The van der Waals surface area contributed by atoms with Crippen molar-refractivity contribution in [1.29, 1.82) is 0 Å². The number of amides is 1. The van der Waals surface area contributed by atoms with Gasteiger partial charge >= 0.3 is 0 Å². The van der Waals surface area contributed by atoms with Gasteiger partial charge in [0.1, 0.15) is 5.75 Å². The minimum atomic E-state index is -2.65. The number of hydrogen-bond acceptors (Lipinski definition) is 5. The number of aryl methyl sites for hydroxylation is 2. The van der Waals surface area contributed by atoms with Gasteiger partial charge in [0.15, 0.2) is 0 Å². The van der Waals surface area contributed by atoms with Crippen LogP contribution in [0.1, 0.15) is 61.0 Å². The highest BCUT2D eigenvalue weighted by Gasteiger charge is 2.28. The Labute approximate surface area is 185 Å². The molecule has 1 aliphatic heterocycles. The maximum absolute atomic E-state index is 13.7. The molecule has 1 atom stereocenters. The van der Waals surface area contributed by atoms with Gasteiger partial charge in [0.05, 0.1) is 17.7 Å². The zero-order valence-electron chi connectivity index (χ0n) is 18.3. The summed E-state index contributed by atoms with van der Waals surface area (Å²) in [5.41, 5.74) is 2.04. The van der Waals surface area contributed by atoms with E-state index in [0.29, 0.717) is 43.9 Å². The fraction of sp³-hybridized carbons (Fsp3) is 0.458. The van der Waals surface area contributed by atoms with Gasteiger partial charge in [-0.1, -0.05) is 17.3 Å². The molecular formula is C24H27F2N3O3. The second-order valence-electron chi connectivity index (χ2n) is 8.14. The third-order valence-corrected chi connectivity index (χ3v) is 5.96. The quantitative estimate of drug-likeness (QED) is 0.502. The number of carbonyl (C=O) groups is 1. The Hall–Kier alpha value is -3.03. The Kier molecular flexibility index (Phi) is 6.67. The lowest BCUT2D eigenvalue weighted by molar-refractivity contribution is -0.132. The van der Waals surface area contributed by atoms with Crippen LogP contribution in [0.2, 0.25) is 0 Å². The first-order chi connectivity index (χ1) is 15.5. The molecule has 170 valence electrons. The molecule has 0 aliphatic carbocycles. The first-order valence-corrected chi connectivity index (χ1v) is 11.0. The number of rotatable bonds is 7. The molecule has 1 aromatic carbocycles. The molecule has 1 fully saturated rings. The zero-order chi connectivity index (χ0) is 22.7. The third-order valence-electron chi connectivity index (χ3n) is 5.96. The van der Waals surface area contributed by atoms with E-state index in [1.54, 1.807) is 6.92 Å². The van der Waals surface area contributed by atoms with Crippen molar-refractivity contribution in [3.63, 3.8) is 0 Å². The molecule has 0 radical (unpaired) electrons. The van der Waals surface area contributed by atoms with Crippen LogP contribution < -0.4 is 4.74 Å². The van der Waals surface area contributed by atoms with E-state index in [9.17, 15) is 13.6 Å². The molecule has 1 amide bonds. The van der Waals surface area contributed by atoms with E-state index in [2.05, 4.69) is 10.1 Å². The predicted molar refractivity (Wildman–Crippen MR) is 116 cm³/mol. The molecule has 0 saturated carbocycles. The van der Waals surface area contributed by atoms with Crippen molar-refractivity contribution in [3.8, 4) is 5.75 Å². The summed E-state index contributed by atoms with van der Waals surface area (Å²) < 4.78 is 38.0.